The molecule has 49 heavy (non-hydrogen) atoms. The van der Waals surface area contributed by atoms with Crippen molar-refractivity contribution in [2.45, 2.75) is 0 Å². The van der Waals surface area contributed by atoms with Crippen molar-refractivity contribution in [3.63, 3.8) is 0 Å². The van der Waals surface area contributed by atoms with Crippen LogP contribution in [-0.4, -0.2) is 24.5 Å². The van der Waals surface area contributed by atoms with Gasteiger partial charge in [0.1, 0.15) is 5.82 Å². The van der Waals surface area contributed by atoms with Gasteiger partial charge >= 0.3 is 0 Å². The van der Waals surface area contributed by atoms with Gasteiger partial charge in [0.15, 0.2) is 17.5 Å². The Morgan fingerprint density at radius 2 is 0.816 bits per heavy atom. The lowest BCUT2D eigenvalue weighted by Gasteiger charge is -2.11. The van der Waals surface area contributed by atoms with E-state index in [4.69, 9.17) is 19.9 Å². The van der Waals surface area contributed by atoms with Gasteiger partial charge in [0.2, 0.25) is 0 Å². The van der Waals surface area contributed by atoms with Crippen LogP contribution in [0, 0.1) is 0 Å². The molecule has 9 aromatic rings. The SMILES string of the molecule is c1ccc(-c2nc(-c3ccc(-c4ccc(-c5nc6ccccc6n5-c5ccccc5)cc4)cc3)nc(-c3ccc4ccccc4c3)n2)cc1. The minimum Gasteiger partial charge on any atom is -0.292 e. The molecule has 0 aliphatic carbocycles. The number of fused-ring (bicyclic) bond motifs is 2. The van der Waals surface area contributed by atoms with Crippen LogP contribution in [0.25, 0.3) is 84.2 Å². The van der Waals surface area contributed by atoms with Crippen molar-refractivity contribution >= 4 is 21.8 Å². The Kier molecular flexibility index (Phi) is 7.06. The van der Waals surface area contributed by atoms with E-state index < -0.39 is 0 Å². The molecule has 7 aromatic carbocycles. The second kappa shape index (κ2) is 12.1. The van der Waals surface area contributed by atoms with E-state index in [1.54, 1.807) is 0 Å². The summed E-state index contributed by atoms with van der Waals surface area (Å²) >= 11 is 0. The van der Waals surface area contributed by atoms with Crippen LogP contribution >= 0.6 is 0 Å². The smallest absolute Gasteiger partial charge is 0.164 e. The Morgan fingerprint density at radius 3 is 1.51 bits per heavy atom. The third-order valence-electron chi connectivity index (χ3n) is 8.87. The summed E-state index contributed by atoms with van der Waals surface area (Å²) < 4.78 is 2.23. The molecule has 230 valence electrons. The Bertz CT molecular complexity index is 2570. The molecular weight excluding hydrogens is 599 g/mol. The van der Waals surface area contributed by atoms with Gasteiger partial charge in [-0.3, -0.25) is 4.57 Å². The van der Waals surface area contributed by atoms with E-state index >= 15 is 0 Å². The average Bonchev–Trinajstić information content (AvgIpc) is 3.58. The van der Waals surface area contributed by atoms with E-state index in [1.165, 1.54) is 5.39 Å². The summed E-state index contributed by atoms with van der Waals surface area (Å²) in [6.07, 6.45) is 0. The zero-order valence-corrected chi connectivity index (χ0v) is 26.5. The van der Waals surface area contributed by atoms with Crippen LogP contribution in [0.2, 0.25) is 0 Å². The summed E-state index contributed by atoms with van der Waals surface area (Å²) in [5.74, 6) is 2.85. The molecule has 2 heterocycles. The summed E-state index contributed by atoms with van der Waals surface area (Å²) in [7, 11) is 0. The van der Waals surface area contributed by atoms with Crippen LogP contribution in [0.3, 0.4) is 0 Å². The van der Waals surface area contributed by atoms with Crippen LogP contribution in [0.5, 0.6) is 0 Å². The van der Waals surface area contributed by atoms with Gasteiger partial charge in [-0.2, -0.15) is 0 Å². The van der Waals surface area contributed by atoms with Crippen molar-refractivity contribution in [1.29, 1.82) is 0 Å². The number of hydrogen-bond donors (Lipinski definition) is 0. The molecule has 9 rings (SSSR count). The number of nitrogens with zero attached hydrogens (tertiary/aromatic N) is 5. The molecule has 0 N–H and O–H groups in total. The minimum atomic E-state index is 0.638. The molecule has 2 aromatic heterocycles. The van der Waals surface area contributed by atoms with Gasteiger partial charge in [-0.05, 0) is 52.2 Å². The third-order valence-corrected chi connectivity index (χ3v) is 8.87. The maximum Gasteiger partial charge on any atom is 0.164 e. The average molecular weight is 628 g/mol. The second-order valence-corrected chi connectivity index (χ2v) is 12.0. The van der Waals surface area contributed by atoms with Gasteiger partial charge in [0.25, 0.3) is 0 Å². The van der Waals surface area contributed by atoms with E-state index in [0.29, 0.717) is 17.5 Å². The maximum absolute atomic E-state index is 5.02. The van der Waals surface area contributed by atoms with E-state index in [0.717, 1.165) is 61.3 Å². The van der Waals surface area contributed by atoms with Crippen molar-refractivity contribution in [2.75, 3.05) is 0 Å². The molecule has 0 bridgehead atoms. The number of aromatic nitrogens is 5. The molecule has 0 aliphatic heterocycles. The Balaban J connectivity index is 1.06. The first-order chi connectivity index (χ1) is 24.3. The first-order valence-corrected chi connectivity index (χ1v) is 16.3. The zero-order valence-electron chi connectivity index (χ0n) is 26.5. The van der Waals surface area contributed by atoms with Crippen LogP contribution in [0.1, 0.15) is 0 Å². The summed E-state index contributed by atoms with van der Waals surface area (Å²) in [6, 6.07) is 60.5. The highest BCUT2D eigenvalue weighted by atomic mass is 15.1. The molecule has 5 heteroatoms. The van der Waals surface area contributed by atoms with Crippen LogP contribution < -0.4 is 0 Å². The Hall–Kier alpha value is -6.72. The molecule has 0 fully saturated rings. The summed E-state index contributed by atoms with van der Waals surface area (Å²) in [5.41, 5.74) is 9.26. The third kappa shape index (κ3) is 5.43. The standard InChI is InChI=1S/C44H29N5/c1-3-12-33(13-4-1)41-46-42(48-43(47-41)37-28-23-30-11-7-8-14-36(30)29-37)34-24-19-31(20-25-34)32-21-26-35(27-22-32)44-45-39-17-9-10-18-40(39)49(44)38-15-5-2-6-16-38/h1-29H. The molecule has 5 nitrogen and oxygen atoms in total. The fourth-order valence-corrected chi connectivity index (χ4v) is 6.36. The van der Waals surface area contributed by atoms with E-state index in [2.05, 4.69) is 138 Å². The van der Waals surface area contributed by atoms with Gasteiger partial charge in [-0.25, -0.2) is 19.9 Å². The molecular formula is C44H29N5. The second-order valence-electron chi connectivity index (χ2n) is 12.0. The largest absolute Gasteiger partial charge is 0.292 e. The van der Waals surface area contributed by atoms with Crippen molar-refractivity contribution in [2.24, 2.45) is 0 Å². The van der Waals surface area contributed by atoms with Gasteiger partial charge < -0.3 is 0 Å². The van der Waals surface area contributed by atoms with E-state index in [1.807, 2.05) is 42.5 Å². The number of para-hydroxylation sites is 3. The van der Waals surface area contributed by atoms with Crippen molar-refractivity contribution < 1.29 is 0 Å². The Labute approximate surface area is 283 Å². The normalized spacial score (nSPS) is 11.3. The van der Waals surface area contributed by atoms with E-state index in [-0.39, 0.29) is 0 Å². The highest BCUT2D eigenvalue weighted by molar-refractivity contribution is 5.87. The number of benzene rings is 7. The number of hydrogen-bond acceptors (Lipinski definition) is 4. The molecule has 0 saturated heterocycles. The lowest BCUT2D eigenvalue weighted by atomic mass is 10.0. The summed E-state index contributed by atoms with van der Waals surface area (Å²) in [6.45, 7) is 0. The first-order valence-electron chi connectivity index (χ1n) is 16.3. The van der Waals surface area contributed by atoms with Crippen LogP contribution in [0.4, 0.5) is 0 Å². The van der Waals surface area contributed by atoms with Crippen LogP contribution in [0.15, 0.2) is 176 Å². The predicted octanol–water partition coefficient (Wildman–Crippen LogP) is 10.7. The van der Waals surface area contributed by atoms with Crippen molar-refractivity contribution in [3.8, 4) is 62.4 Å². The maximum atomic E-state index is 5.02. The van der Waals surface area contributed by atoms with Crippen LogP contribution in [-0.2, 0) is 0 Å². The number of imidazole rings is 1. The summed E-state index contributed by atoms with van der Waals surface area (Å²) in [5, 5.41) is 2.33. The summed E-state index contributed by atoms with van der Waals surface area (Å²) in [4.78, 5) is 19.8. The van der Waals surface area contributed by atoms with Gasteiger partial charge in [0, 0.05) is 27.9 Å². The minimum absolute atomic E-state index is 0.638. The fraction of sp³-hybridized carbons (Fsp3) is 0. The quantitative estimate of drug-likeness (QED) is 0.184. The lowest BCUT2D eigenvalue weighted by molar-refractivity contribution is 1.07. The predicted molar refractivity (Wildman–Crippen MR) is 199 cm³/mol. The lowest BCUT2D eigenvalue weighted by Crippen LogP contribution is -2.00. The highest BCUT2D eigenvalue weighted by Crippen LogP contribution is 2.32. The monoisotopic (exact) mass is 627 g/mol. The molecule has 0 atom stereocenters. The Morgan fingerprint density at radius 1 is 0.327 bits per heavy atom. The van der Waals surface area contributed by atoms with E-state index in [9.17, 15) is 0 Å². The fourth-order valence-electron chi connectivity index (χ4n) is 6.36. The molecule has 0 aliphatic rings. The molecule has 0 saturated carbocycles. The molecule has 0 spiro atoms. The number of rotatable bonds is 6. The van der Waals surface area contributed by atoms with Gasteiger partial charge in [-0.15, -0.1) is 0 Å². The molecule has 0 unspecified atom stereocenters. The van der Waals surface area contributed by atoms with Gasteiger partial charge in [-0.1, -0.05) is 146 Å². The highest BCUT2D eigenvalue weighted by Gasteiger charge is 2.15. The molecule has 0 amide bonds. The topological polar surface area (TPSA) is 56.5 Å². The zero-order chi connectivity index (χ0) is 32.6. The van der Waals surface area contributed by atoms with Crippen molar-refractivity contribution in [3.05, 3.63) is 176 Å². The molecule has 0 radical (unpaired) electrons. The first kappa shape index (κ1) is 28.5. The van der Waals surface area contributed by atoms with Crippen molar-refractivity contribution in [1.82, 2.24) is 24.5 Å². The van der Waals surface area contributed by atoms with Gasteiger partial charge in [0.05, 0.1) is 11.0 Å².